The van der Waals surface area contributed by atoms with Crippen LogP contribution in [0.2, 0.25) is 0 Å². The van der Waals surface area contributed by atoms with Gasteiger partial charge in [0.2, 0.25) is 0 Å². The largest absolute Gasteiger partial charge is 0.383 e. The van der Waals surface area contributed by atoms with Gasteiger partial charge in [-0.1, -0.05) is 0 Å². The van der Waals surface area contributed by atoms with Crippen LogP contribution in [0.15, 0.2) is 47.5 Å². The van der Waals surface area contributed by atoms with Gasteiger partial charge in [0.1, 0.15) is 16.1 Å². The molecule has 1 aromatic carbocycles. The Morgan fingerprint density at radius 1 is 1.27 bits per heavy atom. The summed E-state index contributed by atoms with van der Waals surface area (Å²) in [4.78, 5) is 24.3. The summed E-state index contributed by atoms with van der Waals surface area (Å²) in [6, 6.07) is 7.30. The molecule has 0 unspecified atom stereocenters. The van der Waals surface area contributed by atoms with Crippen LogP contribution in [0.4, 0.5) is 5.82 Å². The van der Waals surface area contributed by atoms with E-state index in [9.17, 15) is 4.79 Å². The quantitative estimate of drug-likeness (QED) is 0.394. The number of carbonyl (C=O) groups is 1. The predicted octanol–water partition coefficient (Wildman–Crippen LogP) is 3.46. The number of hydrogen-bond acceptors (Lipinski definition) is 6. The van der Waals surface area contributed by atoms with Gasteiger partial charge in [-0.2, -0.15) is 5.10 Å². The van der Waals surface area contributed by atoms with Crippen molar-refractivity contribution in [1.29, 1.82) is 0 Å². The number of amides is 1. The molecule has 2 N–H and O–H groups in total. The van der Waals surface area contributed by atoms with Crippen LogP contribution >= 0.6 is 15.9 Å². The van der Waals surface area contributed by atoms with Gasteiger partial charge in [0.25, 0.3) is 5.91 Å². The number of halogens is 1. The van der Waals surface area contributed by atoms with Crippen molar-refractivity contribution >= 4 is 55.1 Å². The zero-order chi connectivity index (χ0) is 22.9. The molecule has 1 atom stereocenters. The molecule has 0 saturated carbocycles. The van der Waals surface area contributed by atoms with E-state index in [2.05, 4.69) is 31.0 Å². The molecule has 0 spiro atoms. The molecule has 10 heteroatoms. The highest BCUT2D eigenvalue weighted by Gasteiger charge is 2.30. The molecule has 166 valence electrons. The lowest BCUT2D eigenvalue weighted by Gasteiger charge is -2.33. The number of aryl methyl sites for hydroxylation is 1. The first-order valence-electron chi connectivity index (χ1n) is 10.4. The number of carbonyl (C=O) groups excluding carboxylic acids is 1. The Kier molecular flexibility index (Phi) is 4.43. The number of nitrogen functional groups attached to an aromatic ring is 1. The van der Waals surface area contributed by atoms with Gasteiger partial charge in [0.15, 0.2) is 0 Å². The monoisotopic (exact) mass is 505 g/mol. The van der Waals surface area contributed by atoms with E-state index >= 15 is 0 Å². The molecule has 9 nitrogen and oxygen atoms in total. The lowest BCUT2D eigenvalue weighted by Crippen LogP contribution is -2.36. The summed E-state index contributed by atoms with van der Waals surface area (Å²) in [5.41, 5.74) is 11.1. The third-order valence-corrected chi connectivity index (χ3v) is 6.74. The number of benzene rings is 1. The Labute approximate surface area is 196 Å². The molecular weight excluding hydrogens is 486 g/mol. The van der Waals surface area contributed by atoms with E-state index in [4.69, 9.17) is 10.5 Å². The summed E-state index contributed by atoms with van der Waals surface area (Å²) < 4.78 is 10.4. The Bertz CT molecular complexity index is 1590. The second-order valence-electron chi connectivity index (χ2n) is 8.25. The zero-order valence-electron chi connectivity index (χ0n) is 18.0. The molecule has 5 heterocycles. The maximum atomic E-state index is 13.6. The summed E-state index contributed by atoms with van der Waals surface area (Å²) in [6.45, 7) is 0.883. The zero-order valence-corrected chi connectivity index (χ0v) is 19.6. The van der Waals surface area contributed by atoms with Crippen molar-refractivity contribution < 1.29 is 9.53 Å². The van der Waals surface area contributed by atoms with Crippen molar-refractivity contribution in [2.45, 2.75) is 12.6 Å². The van der Waals surface area contributed by atoms with Gasteiger partial charge in [0.05, 0.1) is 41.9 Å². The van der Waals surface area contributed by atoms with Crippen LogP contribution in [0.1, 0.15) is 27.5 Å². The molecule has 1 amide bonds. The third-order valence-electron chi connectivity index (χ3n) is 6.36. The van der Waals surface area contributed by atoms with Crippen molar-refractivity contribution in [3.63, 3.8) is 0 Å². The normalized spacial score (nSPS) is 15.9. The molecule has 33 heavy (non-hydrogen) atoms. The van der Waals surface area contributed by atoms with Crippen LogP contribution in [-0.4, -0.2) is 48.6 Å². The van der Waals surface area contributed by atoms with Gasteiger partial charge >= 0.3 is 0 Å². The SMILES string of the molecule is CN(C(=O)c1ccc2nc(N)c3cnn(C)c3c2c1)[C@H]1COCc2c1ccn1cc(Br)nc21. The number of nitrogens with zero attached hydrogens (tertiary/aromatic N) is 6. The first-order valence-corrected chi connectivity index (χ1v) is 11.2. The number of ether oxygens (including phenoxy) is 1. The van der Waals surface area contributed by atoms with Crippen LogP contribution in [0, 0.1) is 0 Å². The van der Waals surface area contributed by atoms with Crippen LogP contribution in [0.5, 0.6) is 0 Å². The fourth-order valence-corrected chi connectivity index (χ4v) is 5.06. The van der Waals surface area contributed by atoms with Crippen molar-refractivity contribution in [3.8, 4) is 0 Å². The molecule has 0 saturated heterocycles. The number of fused-ring (bicyclic) bond motifs is 6. The molecule has 0 aliphatic carbocycles. The molecule has 6 rings (SSSR count). The fraction of sp³-hybridized carbons (Fsp3) is 0.217. The minimum atomic E-state index is -0.223. The molecule has 0 radical (unpaired) electrons. The molecule has 0 fully saturated rings. The molecule has 5 aromatic rings. The number of imidazole rings is 1. The van der Waals surface area contributed by atoms with Crippen molar-refractivity contribution in [2.75, 3.05) is 19.4 Å². The summed E-state index contributed by atoms with van der Waals surface area (Å²) in [5.74, 6) is 0.324. The Hall–Kier alpha value is -3.50. The lowest BCUT2D eigenvalue weighted by atomic mass is 9.98. The van der Waals surface area contributed by atoms with Crippen LogP contribution < -0.4 is 5.73 Å². The third kappa shape index (κ3) is 3.01. The highest BCUT2D eigenvalue weighted by molar-refractivity contribution is 9.10. The topological polar surface area (TPSA) is 104 Å². The van der Waals surface area contributed by atoms with E-state index in [1.165, 1.54) is 0 Å². The standard InChI is InChI=1S/C23H20BrN7O2/c1-29(18-11-33-10-16-13(18)5-6-31-9-19(24)28-22(16)31)23(32)12-3-4-17-14(7-12)20-15(21(25)27-17)8-26-30(20)2/h3-9,18H,10-11H2,1-2H3,(H2,25,27)/t18-/m0/s1. The second kappa shape index (κ2) is 7.26. The maximum absolute atomic E-state index is 13.6. The number of pyridine rings is 2. The van der Waals surface area contributed by atoms with Gasteiger partial charge in [-0.25, -0.2) is 9.97 Å². The molecule has 4 aromatic heterocycles. The van der Waals surface area contributed by atoms with E-state index in [-0.39, 0.29) is 11.9 Å². The van der Waals surface area contributed by atoms with E-state index in [0.29, 0.717) is 24.6 Å². The average molecular weight is 506 g/mol. The predicted molar refractivity (Wildman–Crippen MR) is 128 cm³/mol. The van der Waals surface area contributed by atoms with Crippen LogP contribution in [0.25, 0.3) is 27.5 Å². The number of rotatable bonds is 2. The number of aromatic nitrogens is 5. The van der Waals surface area contributed by atoms with E-state index in [1.54, 1.807) is 21.8 Å². The Morgan fingerprint density at radius 3 is 2.97 bits per heavy atom. The second-order valence-corrected chi connectivity index (χ2v) is 9.06. The van der Waals surface area contributed by atoms with Crippen molar-refractivity contribution in [1.82, 2.24) is 29.0 Å². The number of likely N-dealkylation sites (N-methyl/N-ethyl adjacent to an activating group) is 1. The molecule has 1 aliphatic rings. The maximum Gasteiger partial charge on any atom is 0.254 e. The van der Waals surface area contributed by atoms with Crippen LogP contribution in [-0.2, 0) is 18.4 Å². The van der Waals surface area contributed by atoms with Gasteiger partial charge in [-0.05, 0) is 45.8 Å². The number of nitrogens with two attached hydrogens (primary N) is 1. The molecule has 1 aliphatic heterocycles. The van der Waals surface area contributed by atoms with Crippen molar-refractivity contribution in [3.05, 3.63) is 64.1 Å². The van der Waals surface area contributed by atoms with Gasteiger partial charge in [0, 0.05) is 43.0 Å². The van der Waals surface area contributed by atoms with E-state index in [1.807, 2.05) is 49.1 Å². The summed E-state index contributed by atoms with van der Waals surface area (Å²) >= 11 is 3.44. The summed E-state index contributed by atoms with van der Waals surface area (Å²) in [6.07, 6.45) is 5.57. The number of anilines is 1. The Balaban J connectivity index is 1.42. The van der Waals surface area contributed by atoms with Crippen molar-refractivity contribution in [2.24, 2.45) is 7.05 Å². The minimum absolute atomic E-state index is 0.102. The van der Waals surface area contributed by atoms with Gasteiger partial charge in [-0.15, -0.1) is 0 Å². The number of hydrogen-bond donors (Lipinski definition) is 1. The van der Waals surface area contributed by atoms with Gasteiger partial charge < -0.3 is 19.8 Å². The smallest absolute Gasteiger partial charge is 0.254 e. The average Bonchev–Trinajstić information content (AvgIpc) is 3.40. The van der Waals surface area contributed by atoms with Gasteiger partial charge in [-0.3, -0.25) is 9.48 Å². The molecule has 0 bridgehead atoms. The summed E-state index contributed by atoms with van der Waals surface area (Å²) in [5, 5.41) is 5.92. The van der Waals surface area contributed by atoms with E-state index in [0.717, 1.165) is 43.2 Å². The fourth-order valence-electron chi connectivity index (χ4n) is 4.67. The Morgan fingerprint density at radius 2 is 2.12 bits per heavy atom. The highest BCUT2D eigenvalue weighted by atomic mass is 79.9. The lowest BCUT2D eigenvalue weighted by molar-refractivity contribution is 0.0349. The first-order chi connectivity index (χ1) is 15.9. The summed E-state index contributed by atoms with van der Waals surface area (Å²) in [7, 11) is 3.66. The van der Waals surface area contributed by atoms with Crippen LogP contribution in [0.3, 0.4) is 0 Å². The highest BCUT2D eigenvalue weighted by Crippen LogP contribution is 2.33. The first kappa shape index (κ1) is 20.1. The minimum Gasteiger partial charge on any atom is -0.383 e. The molecular formula is C23H20BrN7O2. The van der Waals surface area contributed by atoms with E-state index < -0.39 is 0 Å².